The molecule has 30 heavy (non-hydrogen) atoms. The molecule has 0 bridgehead atoms. The normalized spacial score (nSPS) is 16.7. The molecule has 0 N–H and O–H groups in total. The molecule has 0 amide bonds. The van der Waals surface area contributed by atoms with Gasteiger partial charge in [-0.25, -0.2) is 0 Å². The number of fused-ring (bicyclic) bond motifs is 3. The van der Waals surface area contributed by atoms with Gasteiger partial charge in [-0.15, -0.1) is 0 Å². The van der Waals surface area contributed by atoms with Crippen molar-refractivity contribution in [3.8, 4) is 11.5 Å². The predicted octanol–water partition coefficient (Wildman–Crippen LogP) is 5.27. The molecule has 0 saturated heterocycles. The Balaban J connectivity index is 1.47. The number of nitrogens with zero attached hydrogens (tertiary/aromatic N) is 1. The van der Waals surface area contributed by atoms with Crippen LogP contribution in [0.25, 0.3) is 6.08 Å². The maximum atomic E-state index is 13.1. The SMILES string of the molecule is Cc1ccc(/C=C2\Oc3c4c(cc(C)c3C2=O)OCN(Cc2ccccc2)C4)cc1. The summed E-state index contributed by atoms with van der Waals surface area (Å²) in [6.07, 6.45) is 1.82. The van der Waals surface area contributed by atoms with Crippen molar-refractivity contribution in [2.24, 2.45) is 0 Å². The number of aryl methyl sites for hydroxylation is 2. The molecule has 0 fully saturated rings. The fourth-order valence-corrected chi connectivity index (χ4v) is 4.03. The van der Waals surface area contributed by atoms with Crippen LogP contribution in [0.2, 0.25) is 0 Å². The third kappa shape index (κ3) is 3.40. The molecular formula is C26H23NO3. The average Bonchev–Trinajstić information content (AvgIpc) is 3.08. The summed E-state index contributed by atoms with van der Waals surface area (Å²) < 4.78 is 12.2. The largest absolute Gasteiger partial charge is 0.478 e. The van der Waals surface area contributed by atoms with Crippen LogP contribution in [0.3, 0.4) is 0 Å². The maximum Gasteiger partial charge on any atom is 0.232 e. The molecule has 150 valence electrons. The van der Waals surface area contributed by atoms with Crippen LogP contribution in [0.1, 0.15) is 38.2 Å². The summed E-state index contributed by atoms with van der Waals surface area (Å²) in [5, 5.41) is 0. The van der Waals surface area contributed by atoms with Crippen molar-refractivity contribution in [3.63, 3.8) is 0 Å². The number of rotatable bonds is 3. The Morgan fingerprint density at radius 3 is 2.57 bits per heavy atom. The lowest BCUT2D eigenvalue weighted by molar-refractivity contribution is 0.0872. The van der Waals surface area contributed by atoms with Gasteiger partial charge in [0.1, 0.15) is 18.2 Å². The number of ketones is 1. The number of hydrogen-bond donors (Lipinski definition) is 0. The molecule has 3 aromatic rings. The second-order valence-electron chi connectivity index (χ2n) is 7.97. The Bertz CT molecular complexity index is 1150. The standard InChI is InChI=1S/C26H23NO3/c1-17-8-10-19(11-9-17)13-23-25(28)24-18(2)12-22-21(26(24)30-23)15-27(16-29-22)14-20-6-4-3-5-7-20/h3-13H,14-16H2,1-2H3/b23-13-. The van der Waals surface area contributed by atoms with Crippen molar-refractivity contribution in [3.05, 3.63) is 99.8 Å². The van der Waals surface area contributed by atoms with Gasteiger partial charge in [0.05, 0.1) is 11.1 Å². The van der Waals surface area contributed by atoms with Gasteiger partial charge in [-0.05, 0) is 42.7 Å². The van der Waals surface area contributed by atoms with Crippen LogP contribution in [0.5, 0.6) is 11.5 Å². The molecule has 4 nitrogen and oxygen atoms in total. The molecule has 0 spiro atoms. The van der Waals surface area contributed by atoms with E-state index < -0.39 is 0 Å². The zero-order valence-electron chi connectivity index (χ0n) is 17.1. The summed E-state index contributed by atoms with van der Waals surface area (Å²) in [5.74, 6) is 1.75. The van der Waals surface area contributed by atoms with E-state index in [-0.39, 0.29) is 5.78 Å². The zero-order valence-corrected chi connectivity index (χ0v) is 17.1. The Kier molecular flexibility index (Phi) is 4.64. The highest BCUT2D eigenvalue weighted by atomic mass is 16.5. The Labute approximate surface area is 176 Å². The van der Waals surface area contributed by atoms with Gasteiger partial charge in [-0.2, -0.15) is 0 Å². The van der Waals surface area contributed by atoms with Crippen LogP contribution in [0.4, 0.5) is 0 Å². The Morgan fingerprint density at radius 2 is 1.80 bits per heavy atom. The second kappa shape index (κ2) is 7.47. The minimum Gasteiger partial charge on any atom is -0.478 e. The van der Waals surface area contributed by atoms with Gasteiger partial charge in [0.2, 0.25) is 5.78 Å². The molecule has 0 radical (unpaired) electrons. The molecule has 2 aliphatic heterocycles. The number of hydrogen-bond acceptors (Lipinski definition) is 4. The summed E-state index contributed by atoms with van der Waals surface area (Å²) in [5.41, 5.74) is 5.84. The summed E-state index contributed by atoms with van der Waals surface area (Å²) in [6.45, 7) is 5.96. The van der Waals surface area contributed by atoms with Gasteiger partial charge in [0, 0.05) is 13.1 Å². The molecule has 0 atom stereocenters. The second-order valence-corrected chi connectivity index (χ2v) is 7.97. The fourth-order valence-electron chi connectivity index (χ4n) is 4.03. The van der Waals surface area contributed by atoms with Crippen molar-refractivity contribution < 1.29 is 14.3 Å². The summed E-state index contributed by atoms with van der Waals surface area (Å²) in [7, 11) is 0. The topological polar surface area (TPSA) is 38.8 Å². The van der Waals surface area contributed by atoms with Gasteiger partial charge in [0.25, 0.3) is 0 Å². The lowest BCUT2D eigenvalue weighted by atomic mass is 9.98. The highest BCUT2D eigenvalue weighted by Crippen LogP contribution is 2.44. The van der Waals surface area contributed by atoms with Crippen molar-refractivity contribution >= 4 is 11.9 Å². The van der Waals surface area contributed by atoms with E-state index in [4.69, 9.17) is 9.47 Å². The van der Waals surface area contributed by atoms with Crippen LogP contribution in [-0.4, -0.2) is 17.4 Å². The molecule has 2 heterocycles. The number of allylic oxidation sites excluding steroid dienone is 1. The third-order valence-corrected chi connectivity index (χ3v) is 5.61. The van der Waals surface area contributed by atoms with E-state index in [1.54, 1.807) is 0 Å². The first-order valence-electron chi connectivity index (χ1n) is 10.1. The minimum absolute atomic E-state index is 0.0638. The fraction of sp³-hybridized carbons (Fsp3) is 0.192. The lowest BCUT2D eigenvalue weighted by Crippen LogP contribution is -2.31. The lowest BCUT2D eigenvalue weighted by Gasteiger charge is -2.30. The van der Waals surface area contributed by atoms with E-state index in [0.717, 1.165) is 29.0 Å². The summed E-state index contributed by atoms with van der Waals surface area (Å²) in [4.78, 5) is 15.3. The van der Waals surface area contributed by atoms with Gasteiger partial charge in [-0.3, -0.25) is 9.69 Å². The number of carbonyl (C=O) groups is 1. The van der Waals surface area contributed by atoms with Crippen molar-refractivity contribution in [1.82, 2.24) is 4.90 Å². The zero-order chi connectivity index (χ0) is 20.7. The first-order valence-corrected chi connectivity index (χ1v) is 10.1. The highest BCUT2D eigenvalue weighted by Gasteiger charge is 2.35. The monoisotopic (exact) mass is 397 g/mol. The molecule has 2 aliphatic rings. The Morgan fingerprint density at radius 1 is 1.03 bits per heavy atom. The first-order chi connectivity index (χ1) is 14.6. The van der Waals surface area contributed by atoms with Crippen molar-refractivity contribution in [2.75, 3.05) is 6.73 Å². The molecule has 4 heteroatoms. The van der Waals surface area contributed by atoms with Gasteiger partial charge in [0.15, 0.2) is 5.76 Å². The number of Topliss-reactive ketones (excluding diaryl/α,β-unsaturated/α-hetero) is 1. The van der Waals surface area contributed by atoms with E-state index in [1.807, 2.05) is 68.5 Å². The van der Waals surface area contributed by atoms with E-state index in [1.165, 1.54) is 11.1 Å². The van der Waals surface area contributed by atoms with Crippen LogP contribution in [0.15, 0.2) is 66.4 Å². The predicted molar refractivity (Wildman–Crippen MR) is 116 cm³/mol. The third-order valence-electron chi connectivity index (χ3n) is 5.61. The van der Waals surface area contributed by atoms with Crippen LogP contribution < -0.4 is 9.47 Å². The van der Waals surface area contributed by atoms with Crippen LogP contribution in [-0.2, 0) is 13.1 Å². The molecule has 3 aromatic carbocycles. The molecule has 0 aromatic heterocycles. The quantitative estimate of drug-likeness (QED) is 0.564. The van der Waals surface area contributed by atoms with Gasteiger partial charge >= 0.3 is 0 Å². The average molecular weight is 397 g/mol. The van der Waals surface area contributed by atoms with Crippen LogP contribution in [0, 0.1) is 13.8 Å². The number of benzene rings is 3. The van der Waals surface area contributed by atoms with Crippen molar-refractivity contribution in [1.29, 1.82) is 0 Å². The molecule has 0 saturated carbocycles. The summed E-state index contributed by atoms with van der Waals surface area (Å²) >= 11 is 0. The highest BCUT2D eigenvalue weighted by molar-refractivity contribution is 6.15. The minimum atomic E-state index is -0.0638. The van der Waals surface area contributed by atoms with E-state index >= 15 is 0 Å². The number of carbonyl (C=O) groups excluding carboxylic acids is 1. The molecule has 0 aliphatic carbocycles. The molecule has 0 unspecified atom stereocenters. The van der Waals surface area contributed by atoms with Gasteiger partial charge < -0.3 is 9.47 Å². The summed E-state index contributed by atoms with van der Waals surface area (Å²) in [6, 6.07) is 20.3. The van der Waals surface area contributed by atoms with E-state index in [0.29, 0.717) is 30.3 Å². The maximum absolute atomic E-state index is 13.1. The first kappa shape index (κ1) is 18.6. The van der Waals surface area contributed by atoms with Gasteiger partial charge in [-0.1, -0.05) is 60.2 Å². The smallest absolute Gasteiger partial charge is 0.232 e. The van der Waals surface area contributed by atoms with Crippen LogP contribution >= 0.6 is 0 Å². The van der Waals surface area contributed by atoms with Crippen molar-refractivity contribution in [2.45, 2.75) is 26.9 Å². The van der Waals surface area contributed by atoms with E-state index in [2.05, 4.69) is 17.0 Å². The molecular weight excluding hydrogens is 374 g/mol. The molecule has 5 rings (SSSR count). The number of ether oxygens (including phenoxy) is 2. The van der Waals surface area contributed by atoms with E-state index in [9.17, 15) is 4.79 Å². The Hall–Kier alpha value is -3.37.